The van der Waals surface area contributed by atoms with Crippen LogP contribution in [0.25, 0.3) is 10.2 Å². The number of nitrogens with zero attached hydrogens (tertiary/aromatic N) is 1. The molecular weight excluding hydrogens is 294 g/mol. The molecule has 1 aromatic heterocycles. The lowest BCUT2D eigenvalue weighted by Crippen LogP contribution is -2.23. The zero-order valence-corrected chi connectivity index (χ0v) is 13.5. The van der Waals surface area contributed by atoms with E-state index in [9.17, 15) is 4.79 Å². The van der Waals surface area contributed by atoms with Crippen LogP contribution < -0.4 is 11.1 Å². The number of thiazole rings is 1. The van der Waals surface area contributed by atoms with Gasteiger partial charge in [0, 0.05) is 24.1 Å². The van der Waals surface area contributed by atoms with Gasteiger partial charge >= 0.3 is 0 Å². The van der Waals surface area contributed by atoms with E-state index in [1.165, 1.54) is 0 Å². The van der Waals surface area contributed by atoms with Gasteiger partial charge in [0.15, 0.2) is 0 Å². The van der Waals surface area contributed by atoms with Crippen LogP contribution in [0.1, 0.15) is 38.1 Å². The van der Waals surface area contributed by atoms with E-state index in [1.54, 1.807) is 11.3 Å². The Labute approximate surface area is 129 Å². The molecule has 0 fully saturated rings. The molecule has 4 nitrogen and oxygen atoms in total. The third kappa shape index (κ3) is 4.16. The maximum Gasteiger partial charge on any atom is 0.225 e. The van der Waals surface area contributed by atoms with Gasteiger partial charge in [-0.1, -0.05) is 13.8 Å². The smallest absolute Gasteiger partial charge is 0.225 e. The number of rotatable bonds is 4. The summed E-state index contributed by atoms with van der Waals surface area (Å²) in [6.07, 6.45) is 0.331. The first-order valence-corrected chi connectivity index (χ1v) is 7.23. The summed E-state index contributed by atoms with van der Waals surface area (Å²) in [5, 5.41) is 3.98. The Bertz CT molecular complexity index is 595. The lowest BCUT2D eigenvalue weighted by molar-refractivity contribution is -0.116. The number of amides is 1. The molecule has 1 unspecified atom stereocenters. The van der Waals surface area contributed by atoms with Gasteiger partial charge in [-0.3, -0.25) is 4.79 Å². The molecule has 1 amide bonds. The quantitative estimate of drug-likeness (QED) is 0.907. The SMILES string of the molecule is CC(N)CC(=O)Nc1ccc2nc(C(C)C)sc2c1.Cl. The molecule has 2 aromatic rings. The summed E-state index contributed by atoms with van der Waals surface area (Å²) in [5.41, 5.74) is 7.39. The predicted molar refractivity (Wildman–Crippen MR) is 87.9 cm³/mol. The number of aromatic nitrogens is 1. The van der Waals surface area contributed by atoms with Crippen molar-refractivity contribution in [3.63, 3.8) is 0 Å². The van der Waals surface area contributed by atoms with Crippen LogP contribution in [0.4, 0.5) is 5.69 Å². The van der Waals surface area contributed by atoms with Crippen molar-refractivity contribution in [3.05, 3.63) is 23.2 Å². The maximum absolute atomic E-state index is 11.7. The molecule has 0 spiro atoms. The van der Waals surface area contributed by atoms with Gasteiger partial charge < -0.3 is 11.1 Å². The minimum absolute atomic E-state index is 0. The average Bonchev–Trinajstić information content (AvgIpc) is 2.70. The first kappa shape index (κ1) is 16.9. The Morgan fingerprint density at radius 2 is 2.10 bits per heavy atom. The number of benzene rings is 1. The number of hydrogen-bond acceptors (Lipinski definition) is 4. The van der Waals surface area contributed by atoms with Gasteiger partial charge in [-0.25, -0.2) is 4.98 Å². The summed E-state index contributed by atoms with van der Waals surface area (Å²) >= 11 is 1.67. The van der Waals surface area contributed by atoms with Gasteiger partial charge in [-0.15, -0.1) is 23.7 Å². The standard InChI is InChI=1S/C14H19N3OS.ClH/c1-8(2)14-17-11-5-4-10(7-12(11)19-14)16-13(18)6-9(3)15;/h4-5,7-9H,6,15H2,1-3H3,(H,16,18);1H. The third-order valence-corrected chi connectivity index (χ3v) is 4.01. The van der Waals surface area contributed by atoms with Gasteiger partial charge in [0.05, 0.1) is 15.2 Å². The van der Waals surface area contributed by atoms with E-state index in [-0.39, 0.29) is 24.4 Å². The number of nitrogens with one attached hydrogen (secondary N) is 1. The molecule has 0 bridgehead atoms. The molecule has 110 valence electrons. The molecule has 0 saturated carbocycles. The molecule has 0 aliphatic carbocycles. The Morgan fingerprint density at radius 1 is 1.40 bits per heavy atom. The Hall–Kier alpha value is -1.17. The second-order valence-corrected chi connectivity index (χ2v) is 6.18. The van der Waals surface area contributed by atoms with Gasteiger partial charge in [-0.05, 0) is 25.1 Å². The van der Waals surface area contributed by atoms with Crippen LogP contribution in [0, 0.1) is 0 Å². The summed E-state index contributed by atoms with van der Waals surface area (Å²) in [7, 11) is 0. The van der Waals surface area contributed by atoms with Crippen molar-refractivity contribution in [1.82, 2.24) is 4.98 Å². The summed E-state index contributed by atoms with van der Waals surface area (Å²) in [4.78, 5) is 16.2. The van der Waals surface area contributed by atoms with Crippen LogP contribution in [0.5, 0.6) is 0 Å². The van der Waals surface area contributed by atoms with Crippen molar-refractivity contribution in [2.75, 3.05) is 5.32 Å². The van der Waals surface area contributed by atoms with E-state index < -0.39 is 0 Å². The Balaban J connectivity index is 0.00000200. The van der Waals surface area contributed by atoms with Crippen molar-refractivity contribution in [2.45, 2.75) is 39.2 Å². The molecule has 20 heavy (non-hydrogen) atoms. The fourth-order valence-corrected chi connectivity index (χ4v) is 2.78. The number of carbonyl (C=O) groups excluding carboxylic acids is 1. The highest BCUT2D eigenvalue weighted by Crippen LogP contribution is 2.29. The average molecular weight is 314 g/mol. The van der Waals surface area contributed by atoms with E-state index >= 15 is 0 Å². The zero-order valence-electron chi connectivity index (χ0n) is 11.8. The van der Waals surface area contributed by atoms with Crippen LogP contribution in [0.2, 0.25) is 0 Å². The van der Waals surface area contributed by atoms with Crippen LogP contribution in [0.15, 0.2) is 18.2 Å². The Morgan fingerprint density at radius 3 is 2.70 bits per heavy atom. The lowest BCUT2D eigenvalue weighted by Gasteiger charge is -2.06. The minimum atomic E-state index is -0.125. The molecule has 1 atom stereocenters. The van der Waals surface area contributed by atoms with Crippen molar-refractivity contribution in [3.8, 4) is 0 Å². The highest BCUT2D eigenvalue weighted by molar-refractivity contribution is 7.18. The van der Waals surface area contributed by atoms with Crippen LogP contribution in [0.3, 0.4) is 0 Å². The molecule has 0 aliphatic heterocycles. The van der Waals surface area contributed by atoms with E-state index in [2.05, 4.69) is 24.1 Å². The molecule has 3 N–H and O–H groups in total. The molecule has 6 heteroatoms. The molecule has 1 aromatic carbocycles. The summed E-state index contributed by atoms with van der Waals surface area (Å²) in [6.45, 7) is 6.08. The zero-order chi connectivity index (χ0) is 14.0. The van der Waals surface area contributed by atoms with E-state index in [4.69, 9.17) is 5.73 Å². The number of carbonyl (C=O) groups is 1. The molecular formula is C14H20ClN3OS. The van der Waals surface area contributed by atoms with Crippen LogP contribution in [-0.4, -0.2) is 16.9 Å². The van der Waals surface area contributed by atoms with Crippen LogP contribution in [-0.2, 0) is 4.79 Å². The van der Waals surface area contributed by atoms with Crippen molar-refractivity contribution in [1.29, 1.82) is 0 Å². The van der Waals surface area contributed by atoms with E-state index in [0.29, 0.717) is 12.3 Å². The second kappa shape index (κ2) is 7.02. The van der Waals surface area contributed by atoms with E-state index in [1.807, 2.05) is 25.1 Å². The number of nitrogens with two attached hydrogens (primary N) is 1. The molecule has 0 radical (unpaired) electrons. The fourth-order valence-electron chi connectivity index (χ4n) is 1.77. The highest BCUT2D eigenvalue weighted by atomic mass is 35.5. The minimum Gasteiger partial charge on any atom is -0.327 e. The van der Waals surface area contributed by atoms with Gasteiger partial charge in [0.25, 0.3) is 0 Å². The predicted octanol–water partition coefficient (Wildman–Crippen LogP) is 3.52. The summed E-state index contributed by atoms with van der Waals surface area (Å²) in [5.74, 6) is 0.372. The van der Waals surface area contributed by atoms with Crippen molar-refractivity contribution in [2.24, 2.45) is 5.73 Å². The van der Waals surface area contributed by atoms with Gasteiger partial charge in [0.1, 0.15) is 0 Å². The largest absolute Gasteiger partial charge is 0.327 e. The first-order valence-electron chi connectivity index (χ1n) is 6.41. The molecule has 2 rings (SSSR count). The first-order chi connectivity index (χ1) is 8.95. The summed E-state index contributed by atoms with van der Waals surface area (Å²) in [6, 6.07) is 5.67. The summed E-state index contributed by atoms with van der Waals surface area (Å²) < 4.78 is 1.10. The van der Waals surface area contributed by atoms with E-state index in [0.717, 1.165) is 20.9 Å². The fraction of sp³-hybridized carbons (Fsp3) is 0.429. The monoisotopic (exact) mass is 313 g/mol. The number of hydrogen-bond donors (Lipinski definition) is 2. The normalized spacial score (nSPS) is 12.2. The van der Waals surface area contributed by atoms with Gasteiger partial charge in [0.2, 0.25) is 5.91 Å². The third-order valence-electron chi connectivity index (χ3n) is 2.69. The lowest BCUT2D eigenvalue weighted by atomic mass is 10.2. The second-order valence-electron chi connectivity index (χ2n) is 5.12. The number of fused-ring (bicyclic) bond motifs is 1. The number of anilines is 1. The maximum atomic E-state index is 11.7. The van der Waals surface area contributed by atoms with Crippen LogP contribution >= 0.6 is 23.7 Å². The number of halogens is 1. The molecule has 1 heterocycles. The van der Waals surface area contributed by atoms with Crippen molar-refractivity contribution >= 4 is 45.6 Å². The highest BCUT2D eigenvalue weighted by Gasteiger charge is 2.09. The molecule has 0 saturated heterocycles. The molecule has 0 aliphatic rings. The van der Waals surface area contributed by atoms with Gasteiger partial charge in [-0.2, -0.15) is 0 Å². The Kier molecular flexibility index (Phi) is 5.92. The topological polar surface area (TPSA) is 68.0 Å². The van der Waals surface area contributed by atoms with Crippen molar-refractivity contribution < 1.29 is 4.79 Å².